The molecule has 0 saturated heterocycles. The summed E-state index contributed by atoms with van der Waals surface area (Å²) < 4.78 is 7.91. The number of anilines is 1. The lowest BCUT2D eigenvalue weighted by Crippen LogP contribution is -2.29. The minimum absolute atomic E-state index is 0.218. The Labute approximate surface area is 183 Å². The largest absolute Gasteiger partial charge is 0.494 e. The summed E-state index contributed by atoms with van der Waals surface area (Å²) in [5.41, 5.74) is 4.18. The van der Waals surface area contributed by atoms with Crippen LogP contribution in [0.4, 0.5) is 10.5 Å². The number of nitrogens with one attached hydrogen (secondary N) is 2. The number of ether oxygens (including phenoxy) is 1. The third kappa shape index (κ3) is 5.00. The van der Waals surface area contributed by atoms with Crippen LogP contribution in [0.25, 0.3) is 22.2 Å². The minimum Gasteiger partial charge on any atom is -0.494 e. The van der Waals surface area contributed by atoms with Gasteiger partial charge in [-0.05, 0) is 49.1 Å². The fourth-order valence-corrected chi connectivity index (χ4v) is 3.68. The van der Waals surface area contributed by atoms with Gasteiger partial charge in [0.15, 0.2) is 0 Å². The van der Waals surface area contributed by atoms with E-state index < -0.39 is 0 Å². The topological polar surface area (TPSA) is 79.1 Å². The first-order valence-corrected chi connectivity index (χ1v) is 10.8. The van der Waals surface area contributed by atoms with Gasteiger partial charge >= 0.3 is 6.03 Å². The normalized spacial score (nSPS) is 10.8. The van der Waals surface area contributed by atoms with E-state index >= 15 is 0 Å². The van der Waals surface area contributed by atoms with Crippen LogP contribution >= 0.6 is 0 Å². The number of amides is 2. The van der Waals surface area contributed by atoms with Gasteiger partial charge < -0.3 is 19.9 Å². The molecule has 162 valence electrons. The summed E-state index contributed by atoms with van der Waals surface area (Å²) in [6.07, 6.45) is 0.884. The van der Waals surface area contributed by atoms with E-state index in [0.717, 1.165) is 40.9 Å². The molecule has 2 amide bonds. The molecule has 6 heteroatoms. The molecular weight excluding hydrogens is 388 g/mol. The standard InChI is InChI=1S/C25H30N4O2/c1-5-13-27-25(30)28-19-9-7-18(8-10-19)24-22(15-26)21-12-11-20(31-6-2)14-23(21)29(24)16-17(3)4/h7-12,14,17H,5-6,13,16H2,1-4H3,(H2,27,28,30). The Kier molecular flexibility index (Phi) is 7.19. The molecule has 31 heavy (non-hydrogen) atoms. The van der Waals surface area contributed by atoms with Crippen LogP contribution in [0, 0.1) is 17.2 Å². The van der Waals surface area contributed by atoms with Crippen LogP contribution in [-0.4, -0.2) is 23.7 Å². The number of carbonyl (C=O) groups excluding carboxylic acids is 1. The molecule has 2 aromatic carbocycles. The van der Waals surface area contributed by atoms with E-state index in [0.29, 0.717) is 30.3 Å². The number of fused-ring (bicyclic) bond motifs is 1. The molecule has 0 bridgehead atoms. The zero-order valence-corrected chi connectivity index (χ0v) is 18.7. The average Bonchev–Trinajstić information content (AvgIpc) is 3.05. The quantitative estimate of drug-likeness (QED) is 0.488. The van der Waals surface area contributed by atoms with E-state index in [1.54, 1.807) is 0 Å². The van der Waals surface area contributed by atoms with E-state index in [2.05, 4.69) is 35.1 Å². The number of urea groups is 1. The van der Waals surface area contributed by atoms with Gasteiger partial charge in [-0.25, -0.2) is 4.79 Å². The van der Waals surface area contributed by atoms with Crippen molar-refractivity contribution in [3.63, 3.8) is 0 Å². The Balaban J connectivity index is 2.05. The average molecular weight is 419 g/mol. The van der Waals surface area contributed by atoms with E-state index in [9.17, 15) is 10.1 Å². The van der Waals surface area contributed by atoms with Gasteiger partial charge in [0.25, 0.3) is 0 Å². The molecule has 0 saturated carbocycles. The highest BCUT2D eigenvalue weighted by atomic mass is 16.5. The van der Waals surface area contributed by atoms with Crippen LogP contribution < -0.4 is 15.4 Å². The van der Waals surface area contributed by atoms with Crippen molar-refractivity contribution in [3.8, 4) is 23.1 Å². The number of aromatic nitrogens is 1. The monoisotopic (exact) mass is 418 g/mol. The maximum atomic E-state index is 11.9. The fraction of sp³-hybridized carbons (Fsp3) is 0.360. The lowest BCUT2D eigenvalue weighted by atomic mass is 10.1. The molecule has 6 nitrogen and oxygen atoms in total. The summed E-state index contributed by atoms with van der Waals surface area (Å²) in [5.74, 6) is 1.20. The lowest BCUT2D eigenvalue weighted by Gasteiger charge is -2.15. The van der Waals surface area contributed by atoms with E-state index in [4.69, 9.17) is 4.74 Å². The van der Waals surface area contributed by atoms with E-state index in [1.807, 2.05) is 56.3 Å². The Morgan fingerprint density at radius 2 is 1.90 bits per heavy atom. The van der Waals surface area contributed by atoms with Crippen molar-refractivity contribution in [1.29, 1.82) is 5.26 Å². The second-order valence-corrected chi connectivity index (χ2v) is 7.91. The van der Waals surface area contributed by atoms with Gasteiger partial charge in [0, 0.05) is 30.2 Å². The van der Waals surface area contributed by atoms with Gasteiger partial charge in [-0.2, -0.15) is 5.26 Å². The fourth-order valence-electron chi connectivity index (χ4n) is 3.68. The first-order valence-electron chi connectivity index (χ1n) is 10.8. The van der Waals surface area contributed by atoms with Crippen LogP contribution in [0.15, 0.2) is 42.5 Å². The van der Waals surface area contributed by atoms with Crippen molar-refractivity contribution in [2.45, 2.75) is 40.7 Å². The van der Waals surface area contributed by atoms with Crippen LogP contribution in [0.1, 0.15) is 39.7 Å². The lowest BCUT2D eigenvalue weighted by molar-refractivity contribution is 0.252. The summed E-state index contributed by atoms with van der Waals surface area (Å²) in [6.45, 7) is 10.3. The van der Waals surface area contributed by atoms with Crippen molar-refractivity contribution in [2.75, 3.05) is 18.5 Å². The van der Waals surface area contributed by atoms with Crippen molar-refractivity contribution < 1.29 is 9.53 Å². The molecular formula is C25H30N4O2. The van der Waals surface area contributed by atoms with Crippen LogP contribution in [0.5, 0.6) is 5.75 Å². The Morgan fingerprint density at radius 1 is 1.16 bits per heavy atom. The Bertz CT molecular complexity index is 1090. The molecule has 0 aliphatic heterocycles. The predicted molar refractivity (Wildman–Crippen MR) is 125 cm³/mol. The Hall–Kier alpha value is -3.46. The van der Waals surface area contributed by atoms with Gasteiger partial charge in [-0.1, -0.05) is 32.9 Å². The van der Waals surface area contributed by atoms with Crippen LogP contribution in [0.3, 0.4) is 0 Å². The van der Waals surface area contributed by atoms with Gasteiger partial charge in [0.05, 0.1) is 23.4 Å². The molecule has 0 aliphatic rings. The SMILES string of the molecule is CCCNC(=O)Nc1ccc(-c2c(C#N)c3ccc(OCC)cc3n2CC(C)C)cc1. The van der Waals surface area contributed by atoms with Crippen molar-refractivity contribution in [2.24, 2.45) is 5.92 Å². The molecule has 1 aromatic heterocycles. The van der Waals surface area contributed by atoms with Gasteiger partial charge in [0.2, 0.25) is 0 Å². The molecule has 0 spiro atoms. The minimum atomic E-state index is -0.218. The van der Waals surface area contributed by atoms with Crippen LogP contribution in [-0.2, 0) is 6.54 Å². The van der Waals surface area contributed by atoms with Crippen molar-refractivity contribution >= 4 is 22.6 Å². The number of nitrogens with zero attached hydrogens (tertiary/aromatic N) is 2. The number of hydrogen-bond acceptors (Lipinski definition) is 3. The zero-order chi connectivity index (χ0) is 22.4. The number of rotatable bonds is 8. The van der Waals surface area contributed by atoms with Gasteiger partial charge in [-0.15, -0.1) is 0 Å². The molecule has 0 atom stereocenters. The highest BCUT2D eigenvalue weighted by Gasteiger charge is 2.20. The summed E-state index contributed by atoms with van der Waals surface area (Å²) >= 11 is 0. The molecule has 0 radical (unpaired) electrons. The van der Waals surface area contributed by atoms with Crippen LogP contribution in [0.2, 0.25) is 0 Å². The molecule has 0 fully saturated rings. The predicted octanol–water partition coefficient (Wildman–Crippen LogP) is 5.77. The summed E-state index contributed by atoms with van der Waals surface area (Å²) in [6, 6.07) is 15.7. The second-order valence-electron chi connectivity index (χ2n) is 7.91. The summed E-state index contributed by atoms with van der Waals surface area (Å²) in [5, 5.41) is 16.6. The summed E-state index contributed by atoms with van der Waals surface area (Å²) in [7, 11) is 0. The molecule has 1 heterocycles. The maximum absolute atomic E-state index is 11.9. The Morgan fingerprint density at radius 3 is 2.52 bits per heavy atom. The molecule has 3 rings (SSSR count). The highest BCUT2D eigenvalue weighted by Crippen LogP contribution is 2.36. The molecule has 0 aliphatic carbocycles. The zero-order valence-electron chi connectivity index (χ0n) is 18.7. The molecule has 0 unspecified atom stereocenters. The van der Waals surface area contributed by atoms with Crippen molar-refractivity contribution in [1.82, 2.24) is 9.88 Å². The van der Waals surface area contributed by atoms with Crippen molar-refractivity contribution in [3.05, 3.63) is 48.0 Å². The third-order valence-corrected chi connectivity index (χ3v) is 4.96. The van der Waals surface area contributed by atoms with Gasteiger partial charge in [0.1, 0.15) is 11.8 Å². The smallest absolute Gasteiger partial charge is 0.319 e. The molecule has 2 N–H and O–H groups in total. The highest BCUT2D eigenvalue weighted by molar-refractivity contribution is 5.96. The number of benzene rings is 2. The number of hydrogen-bond donors (Lipinski definition) is 2. The van der Waals surface area contributed by atoms with E-state index in [1.165, 1.54) is 0 Å². The molecule has 3 aromatic rings. The van der Waals surface area contributed by atoms with Gasteiger partial charge in [-0.3, -0.25) is 0 Å². The summed E-state index contributed by atoms with van der Waals surface area (Å²) in [4.78, 5) is 11.9. The van der Waals surface area contributed by atoms with E-state index in [-0.39, 0.29) is 6.03 Å². The third-order valence-electron chi connectivity index (χ3n) is 4.96. The first-order chi connectivity index (χ1) is 15.0. The maximum Gasteiger partial charge on any atom is 0.319 e. The number of nitriles is 1. The second kappa shape index (κ2) is 10.0. The first kappa shape index (κ1) is 22.2. The number of carbonyl (C=O) groups is 1.